The molecule has 0 atom stereocenters. The first-order valence-corrected chi connectivity index (χ1v) is 7.14. The van der Waals surface area contributed by atoms with Crippen LogP contribution in [0.4, 0.5) is 0 Å². The number of morpholine rings is 1. The molecule has 0 saturated carbocycles. The highest BCUT2D eigenvalue weighted by molar-refractivity contribution is 8.13. The number of hydrogen-bond acceptors (Lipinski definition) is 3. The molecule has 1 heterocycles. The van der Waals surface area contributed by atoms with Crippen molar-refractivity contribution in [2.45, 2.75) is 19.4 Å². The van der Waals surface area contributed by atoms with Crippen LogP contribution in [0.2, 0.25) is 0 Å². The summed E-state index contributed by atoms with van der Waals surface area (Å²) in [5.74, 6) is 6.66. The Labute approximate surface area is 132 Å². The number of rotatable bonds is 1. The molecule has 1 saturated heterocycles. The summed E-state index contributed by atoms with van der Waals surface area (Å²) < 4.78 is 7.44. The van der Waals surface area contributed by atoms with Crippen molar-refractivity contribution in [2.75, 3.05) is 46.7 Å². The van der Waals surface area contributed by atoms with Gasteiger partial charge in [-0.3, -0.25) is 4.90 Å². The van der Waals surface area contributed by atoms with E-state index in [-0.39, 0.29) is 29.5 Å². The summed E-state index contributed by atoms with van der Waals surface area (Å²) in [6.07, 6.45) is 2.06. The zero-order chi connectivity index (χ0) is 12.9. The minimum Gasteiger partial charge on any atom is -1.00 e. The van der Waals surface area contributed by atoms with E-state index in [1.807, 2.05) is 14.1 Å². The van der Waals surface area contributed by atoms with Crippen LogP contribution in [0.1, 0.15) is 13.8 Å². The number of hydrogen-bond donors (Lipinski definition) is 0. The molecule has 0 aromatic heterocycles. The fourth-order valence-corrected chi connectivity index (χ4v) is 2.27. The maximum Gasteiger partial charge on any atom is 0.286 e. The first-order chi connectivity index (χ1) is 7.97. The van der Waals surface area contributed by atoms with Gasteiger partial charge in [-0.15, -0.1) is 0 Å². The van der Waals surface area contributed by atoms with Crippen molar-refractivity contribution in [1.82, 2.24) is 4.90 Å². The van der Waals surface area contributed by atoms with Crippen LogP contribution in [-0.4, -0.2) is 66.7 Å². The molecule has 0 amide bonds. The molecule has 0 bridgehead atoms. The van der Waals surface area contributed by atoms with Crippen LogP contribution in [-0.2, 0) is 4.74 Å². The molecule has 1 aliphatic rings. The molecular weight excluding hydrogens is 359 g/mol. The van der Waals surface area contributed by atoms with Gasteiger partial charge in [-0.2, -0.15) is 0 Å². The largest absolute Gasteiger partial charge is 1.00 e. The molecule has 0 N–H and O–H groups in total. The SMILES string of the molecule is CSC(C#CC(C)(C)N1CCOCC1)=[N+](C)C.[I-]. The Kier molecular flexibility index (Phi) is 8.52. The first kappa shape index (κ1) is 18.2. The third-order valence-electron chi connectivity index (χ3n) is 2.88. The van der Waals surface area contributed by atoms with Crippen LogP contribution in [0.3, 0.4) is 0 Å². The van der Waals surface area contributed by atoms with Gasteiger partial charge in [0.2, 0.25) is 0 Å². The minimum atomic E-state index is -0.0826. The predicted molar refractivity (Wildman–Crippen MR) is 74.9 cm³/mol. The molecular formula is C13H23IN2OS. The second-order valence-corrected chi connectivity index (χ2v) is 5.61. The topological polar surface area (TPSA) is 15.5 Å². The molecule has 0 unspecified atom stereocenters. The summed E-state index contributed by atoms with van der Waals surface area (Å²) in [6.45, 7) is 7.93. The first-order valence-electron chi connectivity index (χ1n) is 5.91. The van der Waals surface area contributed by atoms with Gasteiger partial charge in [-0.1, -0.05) is 17.7 Å². The Bertz CT molecular complexity index is 348. The summed E-state index contributed by atoms with van der Waals surface area (Å²) in [6, 6.07) is 0. The molecule has 5 heteroatoms. The number of nitrogens with zero attached hydrogens (tertiary/aromatic N) is 2. The highest BCUT2D eigenvalue weighted by Crippen LogP contribution is 2.15. The third kappa shape index (κ3) is 5.47. The summed E-state index contributed by atoms with van der Waals surface area (Å²) >= 11 is 1.69. The van der Waals surface area contributed by atoms with E-state index in [0.29, 0.717) is 0 Å². The molecule has 0 aromatic carbocycles. The van der Waals surface area contributed by atoms with E-state index >= 15 is 0 Å². The number of thioether (sulfide) groups is 1. The van der Waals surface area contributed by atoms with Crippen molar-refractivity contribution in [2.24, 2.45) is 0 Å². The summed E-state index contributed by atoms with van der Waals surface area (Å²) in [4.78, 5) is 2.39. The lowest BCUT2D eigenvalue weighted by molar-refractivity contribution is -0.460. The Hall–Kier alpha value is 0.230. The Morgan fingerprint density at radius 3 is 2.28 bits per heavy atom. The summed E-state index contributed by atoms with van der Waals surface area (Å²) in [7, 11) is 4.06. The lowest BCUT2D eigenvalue weighted by atomic mass is 10.0. The van der Waals surface area contributed by atoms with Crippen LogP contribution in [0, 0.1) is 11.8 Å². The van der Waals surface area contributed by atoms with E-state index in [4.69, 9.17) is 4.74 Å². The van der Waals surface area contributed by atoms with Gasteiger partial charge in [0.1, 0.15) is 14.1 Å². The normalized spacial score (nSPS) is 16.3. The van der Waals surface area contributed by atoms with Gasteiger partial charge in [-0.25, -0.2) is 4.58 Å². The quantitative estimate of drug-likeness (QED) is 0.174. The summed E-state index contributed by atoms with van der Waals surface area (Å²) in [5.41, 5.74) is -0.0826. The van der Waals surface area contributed by atoms with Gasteiger partial charge in [0.25, 0.3) is 5.04 Å². The number of ether oxygens (including phenoxy) is 1. The van der Waals surface area contributed by atoms with Crippen LogP contribution in [0.25, 0.3) is 0 Å². The maximum absolute atomic E-state index is 5.37. The average molecular weight is 382 g/mol. The minimum absolute atomic E-state index is 0. The van der Waals surface area contributed by atoms with Crippen molar-refractivity contribution in [3.8, 4) is 11.8 Å². The van der Waals surface area contributed by atoms with Crippen LogP contribution >= 0.6 is 11.8 Å². The zero-order valence-corrected chi connectivity index (χ0v) is 14.9. The molecule has 1 aliphatic heterocycles. The highest BCUT2D eigenvalue weighted by atomic mass is 127. The maximum atomic E-state index is 5.37. The average Bonchev–Trinajstić information content (AvgIpc) is 2.30. The fourth-order valence-electron chi connectivity index (χ4n) is 1.75. The smallest absolute Gasteiger partial charge is 0.286 e. The zero-order valence-electron chi connectivity index (χ0n) is 11.9. The summed E-state index contributed by atoms with van der Waals surface area (Å²) in [5, 5.41) is 1.10. The van der Waals surface area contributed by atoms with Crippen LogP contribution in [0.15, 0.2) is 0 Å². The van der Waals surface area contributed by atoms with E-state index < -0.39 is 0 Å². The van der Waals surface area contributed by atoms with E-state index in [9.17, 15) is 0 Å². The van der Waals surface area contributed by atoms with E-state index in [0.717, 1.165) is 31.3 Å². The molecule has 0 spiro atoms. The molecule has 104 valence electrons. The molecule has 1 rings (SSSR count). The predicted octanol–water partition coefficient (Wildman–Crippen LogP) is -1.86. The second kappa shape index (κ2) is 8.41. The Balaban J connectivity index is 0.00000289. The standard InChI is InChI=1S/C13H23N2OS.HI/c1-13(2,15-8-10-16-11-9-15)7-6-12(17-5)14(3)4;/h8-11H2,1-5H3;1H/q+1;/p-1. The molecule has 0 radical (unpaired) electrons. The van der Waals surface area contributed by atoms with E-state index in [2.05, 4.69) is 41.4 Å². The molecule has 1 fully saturated rings. The monoisotopic (exact) mass is 382 g/mol. The third-order valence-corrected chi connectivity index (χ3v) is 3.73. The van der Waals surface area contributed by atoms with Gasteiger partial charge < -0.3 is 28.7 Å². The number of halogens is 1. The van der Waals surface area contributed by atoms with Gasteiger partial charge in [0.05, 0.1) is 18.8 Å². The lowest BCUT2D eigenvalue weighted by Crippen LogP contribution is -3.00. The molecule has 3 nitrogen and oxygen atoms in total. The van der Waals surface area contributed by atoms with Crippen molar-refractivity contribution < 1.29 is 33.3 Å². The van der Waals surface area contributed by atoms with Crippen LogP contribution in [0.5, 0.6) is 0 Å². The van der Waals surface area contributed by atoms with E-state index in [1.54, 1.807) is 11.8 Å². The van der Waals surface area contributed by atoms with Crippen molar-refractivity contribution in [3.05, 3.63) is 0 Å². The van der Waals surface area contributed by atoms with E-state index in [1.165, 1.54) is 0 Å². The van der Waals surface area contributed by atoms with Gasteiger partial charge >= 0.3 is 0 Å². The molecule has 18 heavy (non-hydrogen) atoms. The van der Waals surface area contributed by atoms with Crippen molar-refractivity contribution in [3.63, 3.8) is 0 Å². The fraction of sp³-hybridized carbons (Fsp3) is 0.769. The molecule has 0 aromatic rings. The van der Waals surface area contributed by atoms with Gasteiger partial charge in [0, 0.05) is 19.0 Å². The van der Waals surface area contributed by atoms with Gasteiger partial charge in [-0.05, 0) is 20.1 Å². The second-order valence-electron chi connectivity index (χ2n) is 4.81. The Morgan fingerprint density at radius 1 is 1.28 bits per heavy atom. The highest BCUT2D eigenvalue weighted by Gasteiger charge is 2.26. The Morgan fingerprint density at radius 2 is 1.83 bits per heavy atom. The van der Waals surface area contributed by atoms with Crippen molar-refractivity contribution >= 4 is 16.8 Å². The van der Waals surface area contributed by atoms with Gasteiger partial charge in [0.15, 0.2) is 0 Å². The van der Waals surface area contributed by atoms with Crippen LogP contribution < -0.4 is 24.0 Å². The lowest BCUT2D eigenvalue weighted by Gasteiger charge is -2.37. The van der Waals surface area contributed by atoms with Crippen molar-refractivity contribution in [1.29, 1.82) is 0 Å². The molecule has 0 aliphatic carbocycles.